The van der Waals surface area contributed by atoms with E-state index in [9.17, 15) is 0 Å². The summed E-state index contributed by atoms with van der Waals surface area (Å²) in [5.41, 5.74) is 0.273. The van der Waals surface area contributed by atoms with E-state index in [4.69, 9.17) is 0 Å². The normalized spacial score (nSPS) is 24.4. The molecule has 1 aliphatic rings. The summed E-state index contributed by atoms with van der Waals surface area (Å²) in [6.07, 6.45) is 2.58. The molecular weight excluding hydrogens is 264 g/mol. The number of rotatable bonds is 5. The fraction of sp³-hybridized carbons (Fsp3) is 0.765. The van der Waals surface area contributed by atoms with Crippen molar-refractivity contribution in [3.63, 3.8) is 0 Å². The van der Waals surface area contributed by atoms with Crippen LogP contribution in [0.3, 0.4) is 0 Å². The Morgan fingerprint density at radius 1 is 1.35 bits per heavy atom. The standard InChI is InChI=1S/C17H30N2S/c1-6-10-19-11-9-13(12-18-5)16(19)14-7-8-15(20-14)17(2,3)4/h7-8,13,16,18H,6,9-12H2,1-5H3. The summed E-state index contributed by atoms with van der Waals surface area (Å²) in [6, 6.07) is 5.36. The number of hydrogen-bond acceptors (Lipinski definition) is 3. The highest BCUT2D eigenvalue weighted by Gasteiger charge is 2.35. The summed E-state index contributed by atoms with van der Waals surface area (Å²) >= 11 is 2.03. The van der Waals surface area contributed by atoms with Crippen molar-refractivity contribution >= 4 is 11.3 Å². The number of likely N-dealkylation sites (tertiary alicyclic amines) is 1. The van der Waals surface area contributed by atoms with Gasteiger partial charge in [0.1, 0.15) is 0 Å². The van der Waals surface area contributed by atoms with Crippen LogP contribution in [0, 0.1) is 5.92 Å². The number of thiophene rings is 1. The van der Waals surface area contributed by atoms with Gasteiger partial charge < -0.3 is 5.32 Å². The highest BCUT2D eigenvalue weighted by atomic mass is 32.1. The lowest BCUT2D eigenvalue weighted by molar-refractivity contribution is 0.231. The summed E-state index contributed by atoms with van der Waals surface area (Å²) in [4.78, 5) is 5.78. The van der Waals surface area contributed by atoms with Crippen molar-refractivity contribution in [2.75, 3.05) is 26.7 Å². The van der Waals surface area contributed by atoms with Gasteiger partial charge in [-0.05, 0) is 63.0 Å². The molecule has 114 valence electrons. The molecule has 1 aliphatic heterocycles. The zero-order valence-electron chi connectivity index (χ0n) is 13.7. The van der Waals surface area contributed by atoms with Crippen LogP contribution in [0.2, 0.25) is 0 Å². The second-order valence-electron chi connectivity index (χ2n) is 7.04. The minimum Gasteiger partial charge on any atom is -0.319 e. The molecule has 3 heteroatoms. The first-order chi connectivity index (χ1) is 9.47. The van der Waals surface area contributed by atoms with Gasteiger partial charge in [-0.25, -0.2) is 0 Å². The lowest BCUT2D eigenvalue weighted by Crippen LogP contribution is -2.29. The Bertz CT molecular complexity index is 405. The first-order valence-electron chi connectivity index (χ1n) is 7.96. The zero-order chi connectivity index (χ0) is 14.8. The molecule has 2 atom stereocenters. The Kier molecular flexibility index (Phi) is 5.27. The maximum absolute atomic E-state index is 3.39. The molecule has 1 N–H and O–H groups in total. The number of nitrogens with one attached hydrogen (secondary N) is 1. The molecule has 1 saturated heterocycles. The largest absolute Gasteiger partial charge is 0.319 e. The Morgan fingerprint density at radius 2 is 2.10 bits per heavy atom. The topological polar surface area (TPSA) is 15.3 Å². The minimum atomic E-state index is 0.273. The average Bonchev–Trinajstić information content (AvgIpc) is 2.96. The maximum Gasteiger partial charge on any atom is 0.0482 e. The van der Waals surface area contributed by atoms with E-state index in [0.29, 0.717) is 6.04 Å². The molecule has 1 aromatic rings. The fourth-order valence-corrected chi connectivity index (χ4v) is 4.56. The van der Waals surface area contributed by atoms with E-state index >= 15 is 0 Å². The summed E-state index contributed by atoms with van der Waals surface area (Å²) in [5.74, 6) is 0.762. The molecule has 0 amide bonds. The molecule has 0 bridgehead atoms. The molecule has 0 saturated carbocycles. The first kappa shape index (κ1) is 16.0. The molecule has 0 aliphatic carbocycles. The fourth-order valence-electron chi connectivity index (χ4n) is 3.27. The molecule has 0 spiro atoms. The van der Waals surface area contributed by atoms with Gasteiger partial charge in [0.05, 0.1) is 0 Å². The van der Waals surface area contributed by atoms with Gasteiger partial charge >= 0.3 is 0 Å². The van der Waals surface area contributed by atoms with E-state index in [0.717, 1.165) is 12.5 Å². The van der Waals surface area contributed by atoms with Gasteiger partial charge in [-0.3, -0.25) is 4.90 Å². The number of hydrogen-bond donors (Lipinski definition) is 1. The molecule has 2 unspecified atom stereocenters. The Hall–Kier alpha value is -0.380. The number of nitrogens with zero attached hydrogens (tertiary/aromatic N) is 1. The first-order valence-corrected chi connectivity index (χ1v) is 8.78. The van der Waals surface area contributed by atoms with Crippen LogP contribution in [-0.2, 0) is 5.41 Å². The van der Waals surface area contributed by atoms with Gasteiger partial charge in [0, 0.05) is 15.8 Å². The molecule has 2 nitrogen and oxygen atoms in total. The molecule has 1 fully saturated rings. The molecule has 0 aromatic carbocycles. The van der Waals surface area contributed by atoms with Crippen molar-refractivity contribution in [2.24, 2.45) is 5.92 Å². The Morgan fingerprint density at radius 3 is 2.65 bits per heavy atom. The molecule has 2 rings (SSSR count). The van der Waals surface area contributed by atoms with E-state index in [1.807, 2.05) is 11.3 Å². The Labute approximate surface area is 128 Å². The summed E-state index contributed by atoms with van der Waals surface area (Å²) in [5, 5.41) is 3.39. The third kappa shape index (κ3) is 3.44. The van der Waals surface area contributed by atoms with Crippen molar-refractivity contribution in [3.05, 3.63) is 21.9 Å². The lowest BCUT2D eigenvalue weighted by Gasteiger charge is -2.27. The van der Waals surface area contributed by atoms with Crippen LogP contribution in [0.25, 0.3) is 0 Å². The van der Waals surface area contributed by atoms with E-state index in [-0.39, 0.29) is 5.41 Å². The van der Waals surface area contributed by atoms with Gasteiger partial charge in [-0.1, -0.05) is 27.7 Å². The molecule has 1 aromatic heterocycles. The summed E-state index contributed by atoms with van der Waals surface area (Å²) in [7, 11) is 2.08. The van der Waals surface area contributed by atoms with Crippen molar-refractivity contribution in [1.29, 1.82) is 0 Å². The molecule has 20 heavy (non-hydrogen) atoms. The van der Waals surface area contributed by atoms with E-state index < -0.39 is 0 Å². The van der Waals surface area contributed by atoms with Gasteiger partial charge in [-0.2, -0.15) is 0 Å². The van der Waals surface area contributed by atoms with Crippen LogP contribution in [-0.4, -0.2) is 31.6 Å². The van der Waals surface area contributed by atoms with Crippen LogP contribution in [0.15, 0.2) is 12.1 Å². The second kappa shape index (κ2) is 6.59. The maximum atomic E-state index is 3.39. The third-order valence-corrected chi connectivity index (χ3v) is 5.84. The average molecular weight is 295 g/mol. The van der Waals surface area contributed by atoms with Crippen molar-refractivity contribution < 1.29 is 0 Å². The quantitative estimate of drug-likeness (QED) is 0.882. The van der Waals surface area contributed by atoms with Crippen LogP contribution >= 0.6 is 11.3 Å². The highest BCUT2D eigenvalue weighted by molar-refractivity contribution is 7.12. The van der Waals surface area contributed by atoms with Gasteiger partial charge in [0.15, 0.2) is 0 Å². The summed E-state index contributed by atoms with van der Waals surface area (Å²) < 4.78 is 0. The van der Waals surface area contributed by atoms with Crippen molar-refractivity contribution in [1.82, 2.24) is 10.2 Å². The highest BCUT2D eigenvalue weighted by Crippen LogP contribution is 2.42. The lowest BCUT2D eigenvalue weighted by atomic mass is 9.94. The van der Waals surface area contributed by atoms with E-state index in [1.165, 1.54) is 30.8 Å². The molecule has 0 radical (unpaired) electrons. The predicted octanol–water partition coefficient (Wildman–Crippen LogP) is 4.04. The van der Waals surface area contributed by atoms with Gasteiger partial charge in [-0.15, -0.1) is 11.3 Å². The van der Waals surface area contributed by atoms with Crippen LogP contribution in [0.5, 0.6) is 0 Å². The smallest absolute Gasteiger partial charge is 0.0482 e. The van der Waals surface area contributed by atoms with Crippen LogP contribution < -0.4 is 5.32 Å². The van der Waals surface area contributed by atoms with Crippen molar-refractivity contribution in [2.45, 2.75) is 52.0 Å². The third-order valence-electron chi connectivity index (χ3n) is 4.26. The monoisotopic (exact) mass is 294 g/mol. The zero-order valence-corrected chi connectivity index (χ0v) is 14.5. The Balaban J connectivity index is 2.22. The predicted molar refractivity (Wildman–Crippen MR) is 89.7 cm³/mol. The van der Waals surface area contributed by atoms with Crippen molar-refractivity contribution in [3.8, 4) is 0 Å². The van der Waals surface area contributed by atoms with Crippen LogP contribution in [0.1, 0.15) is 56.3 Å². The van der Waals surface area contributed by atoms with E-state index in [2.05, 4.69) is 57.1 Å². The second-order valence-corrected chi connectivity index (χ2v) is 8.15. The van der Waals surface area contributed by atoms with Gasteiger partial charge in [0.2, 0.25) is 0 Å². The van der Waals surface area contributed by atoms with Gasteiger partial charge in [0.25, 0.3) is 0 Å². The minimum absolute atomic E-state index is 0.273. The molecule has 2 heterocycles. The molecular formula is C17H30N2S. The SMILES string of the molecule is CCCN1CCC(CNC)C1c1ccc(C(C)(C)C)s1. The summed E-state index contributed by atoms with van der Waals surface area (Å²) in [6.45, 7) is 12.8. The van der Waals surface area contributed by atoms with Crippen LogP contribution in [0.4, 0.5) is 0 Å². The van der Waals surface area contributed by atoms with E-state index in [1.54, 1.807) is 4.88 Å².